The summed E-state index contributed by atoms with van der Waals surface area (Å²) in [5.74, 6) is -0.490. The molecule has 0 aliphatic carbocycles. The molecule has 0 aliphatic heterocycles. The molecule has 1 amide bonds. The lowest BCUT2D eigenvalue weighted by molar-refractivity contribution is -0.130. The number of anilines is 1. The van der Waals surface area contributed by atoms with Crippen molar-refractivity contribution in [2.24, 2.45) is 5.73 Å². The van der Waals surface area contributed by atoms with Crippen molar-refractivity contribution in [2.75, 3.05) is 18.9 Å². The van der Waals surface area contributed by atoms with E-state index in [1.54, 1.807) is 60.5 Å². The maximum Gasteiger partial charge on any atom is 0.343 e. The summed E-state index contributed by atoms with van der Waals surface area (Å²) in [6, 6.07) is 13.4. The van der Waals surface area contributed by atoms with Crippen LogP contribution in [0.4, 0.5) is 5.69 Å². The third-order valence-corrected chi connectivity index (χ3v) is 4.21. The van der Waals surface area contributed by atoms with Crippen LogP contribution in [0.5, 0.6) is 5.75 Å². The molecule has 2 rings (SSSR count). The molecule has 0 heterocycles. The van der Waals surface area contributed by atoms with E-state index in [0.717, 1.165) is 5.56 Å². The summed E-state index contributed by atoms with van der Waals surface area (Å²) in [6.45, 7) is 4.43. The highest BCUT2D eigenvalue weighted by Gasteiger charge is 2.18. The highest BCUT2D eigenvalue weighted by atomic mass is 16.5. The van der Waals surface area contributed by atoms with Gasteiger partial charge in [-0.25, -0.2) is 4.79 Å². The second kappa shape index (κ2) is 8.84. The molecule has 0 aliphatic rings. The van der Waals surface area contributed by atoms with Crippen LogP contribution in [-0.4, -0.2) is 36.3 Å². The number of carbonyl (C=O) groups is 2. The van der Waals surface area contributed by atoms with Crippen LogP contribution in [0.3, 0.4) is 0 Å². The predicted octanol–water partition coefficient (Wildman–Crippen LogP) is 2.79. The van der Waals surface area contributed by atoms with E-state index in [2.05, 4.69) is 5.32 Å². The van der Waals surface area contributed by atoms with Crippen molar-refractivity contribution < 1.29 is 14.3 Å². The average molecular weight is 368 g/mol. The first kappa shape index (κ1) is 20.0. The molecule has 1 unspecified atom stereocenters. The molecule has 0 saturated heterocycles. The van der Waals surface area contributed by atoms with Gasteiger partial charge in [0.1, 0.15) is 5.75 Å². The fraction of sp³-hybridized carbons (Fsp3) is 0.250. The normalized spacial score (nSPS) is 11.4. The Morgan fingerprint density at radius 3 is 2.26 bits per heavy atom. The Hall–Kier alpha value is -3.35. The summed E-state index contributed by atoms with van der Waals surface area (Å²) in [5, 5.41) is 9.81. The monoisotopic (exact) mass is 368 g/mol. The molecule has 1 atom stereocenters. The summed E-state index contributed by atoms with van der Waals surface area (Å²) in [5.41, 5.74) is 7.11. The Morgan fingerprint density at radius 2 is 1.74 bits per heavy atom. The summed E-state index contributed by atoms with van der Waals surface area (Å²) < 4.78 is 5.36. The van der Waals surface area contributed by atoms with Crippen molar-refractivity contribution in [1.29, 1.82) is 5.41 Å². The third kappa shape index (κ3) is 5.31. The average Bonchev–Trinajstić information content (AvgIpc) is 2.66. The Bertz CT molecular complexity index is 816. The highest BCUT2D eigenvalue weighted by Crippen LogP contribution is 2.22. The number of ether oxygens (including phenoxy) is 1. The van der Waals surface area contributed by atoms with Gasteiger partial charge < -0.3 is 20.7 Å². The van der Waals surface area contributed by atoms with Crippen LogP contribution in [0.2, 0.25) is 0 Å². The van der Waals surface area contributed by atoms with Crippen molar-refractivity contribution in [1.82, 2.24) is 4.90 Å². The zero-order chi connectivity index (χ0) is 20.0. The lowest BCUT2D eigenvalue weighted by Crippen LogP contribution is -2.30. The van der Waals surface area contributed by atoms with E-state index in [4.69, 9.17) is 15.9 Å². The van der Waals surface area contributed by atoms with Crippen LogP contribution in [0, 0.1) is 5.41 Å². The van der Waals surface area contributed by atoms with Gasteiger partial charge in [0.15, 0.2) is 5.96 Å². The number of esters is 1. The van der Waals surface area contributed by atoms with Crippen LogP contribution in [0.25, 0.3) is 0 Å². The summed E-state index contributed by atoms with van der Waals surface area (Å²) >= 11 is 0. The van der Waals surface area contributed by atoms with Crippen molar-refractivity contribution in [2.45, 2.75) is 19.8 Å². The van der Waals surface area contributed by atoms with Gasteiger partial charge in [0.2, 0.25) is 5.91 Å². The molecule has 0 bridgehead atoms. The molecular formula is C20H24N4O3. The SMILES string of the molecule is CCN(C)C(=O)C(C)c1ccc(OC(=O)c2ccc(NC(=N)N)cc2)cc1. The van der Waals surface area contributed by atoms with E-state index in [0.29, 0.717) is 23.5 Å². The summed E-state index contributed by atoms with van der Waals surface area (Å²) in [7, 11) is 1.77. The largest absolute Gasteiger partial charge is 0.423 e. The zero-order valence-corrected chi connectivity index (χ0v) is 15.7. The van der Waals surface area contributed by atoms with Crippen LogP contribution in [0.15, 0.2) is 48.5 Å². The lowest BCUT2D eigenvalue weighted by atomic mass is 10.00. The third-order valence-electron chi connectivity index (χ3n) is 4.21. The molecule has 0 fully saturated rings. The van der Waals surface area contributed by atoms with Crippen molar-refractivity contribution >= 4 is 23.5 Å². The van der Waals surface area contributed by atoms with Crippen LogP contribution < -0.4 is 15.8 Å². The number of likely N-dealkylation sites (N-methyl/N-ethyl adjacent to an activating group) is 1. The molecule has 0 saturated carbocycles. The molecule has 7 nitrogen and oxygen atoms in total. The standard InChI is InChI=1S/C20H24N4O3/c1-4-24(3)18(25)13(2)14-7-11-17(12-8-14)27-19(26)15-5-9-16(10-6-15)23-20(21)22/h5-13H,4H2,1-3H3,(H4,21,22,23). The molecule has 2 aromatic rings. The number of amides is 1. The molecule has 2 aromatic carbocycles. The molecular weight excluding hydrogens is 344 g/mol. The topological polar surface area (TPSA) is 109 Å². The second-order valence-electron chi connectivity index (χ2n) is 6.15. The van der Waals surface area contributed by atoms with E-state index in [1.165, 1.54) is 0 Å². The Morgan fingerprint density at radius 1 is 1.15 bits per heavy atom. The van der Waals surface area contributed by atoms with Gasteiger partial charge >= 0.3 is 5.97 Å². The molecule has 0 aromatic heterocycles. The summed E-state index contributed by atoms with van der Waals surface area (Å²) in [4.78, 5) is 26.1. The minimum Gasteiger partial charge on any atom is -0.423 e. The number of benzene rings is 2. The van der Waals surface area contributed by atoms with Crippen LogP contribution >= 0.6 is 0 Å². The van der Waals surface area contributed by atoms with Crippen molar-refractivity contribution in [3.8, 4) is 5.75 Å². The number of rotatable bonds is 6. The highest BCUT2D eigenvalue weighted by molar-refractivity contribution is 5.93. The molecule has 0 spiro atoms. The molecule has 142 valence electrons. The van der Waals surface area contributed by atoms with E-state index < -0.39 is 5.97 Å². The number of hydrogen-bond acceptors (Lipinski definition) is 4. The van der Waals surface area contributed by atoms with E-state index in [1.807, 2.05) is 13.8 Å². The number of carbonyl (C=O) groups excluding carboxylic acids is 2. The number of nitrogens with zero attached hydrogens (tertiary/aromatic N) is 1. The van der Waals surface area contributed by atoms with Crippen LogP contribution in [-0.2, 0) is 4.79 Å². The first-order valence-corrected chi connectivity index (χ1v) is 8.60. The fourth-order valence-electron chi connectivity index (χ4n) is 2.46. The number of guanidine groups is 1. The minimum absolute atomic E-state index is 0.0431. The van der Waals surface area contributed by atoms with E-state index >= 15 is 0 Å². The van der Waals surface area contributed by atoms with Crippen molar-refractivity contribution in [3.05, 3.63) is 59.7 Å². The van der Waals surface area contributed by atoms with Gasteiger partial charge in [-0.1, -0.05) is 12.1 Å². The number of nitrogens with two attached hydrogens (primary N) is 1. The maximum atomic E-state index is 12.2. The fourth-order valence-corrected chi connectivity index (χ4v) is 2.46. The first-order valence-electron chi connectivity index (χ1n) is 8.60. The van der Waals surface area contributed by atoms with Gasteiger partial charge in [0, 0.05) is 19.3 Å². The predicted molar refractivity (Wildman–Crippen MR) is 105 cm³/mol. The van der Waals surface area contributed by atoms with Gasteiger partial charge in [-0.15, -0.1) is 0 Å². The Kier molecular flexibility index (Phi) is 6.54. The van der Waals surface area contributed by atoms with Gasteiger partial charge in [-0.2, -0.15) is 0 Å². The lowest BCUT2D eigenvalue weighted by Gasteiger charge is -2.20. The molecule has 0 radical (unpaired) electrons. The van der Waals surface area contributed by atoms with Gasteiger partial charge in [0.25, 0.3) is 0 Å². The van der Waals surface area contributed by atoms with E-state index in [-0.39, 0.29) is 17.8 Å². The molecule has 7 heteroatoms. The quantitative estimate of drug-likeness (QED) is 0.314. The number of hydrogen-bond donors (Lipinski definition) is 3. The van der Waals surface area contributed by atoms with Gasteiger partial charge in [-0.05, 0) is 55.8 Å². The maximum absolute atomic E-state index is 12.2. The smallest absolute Gasteiger partial charge is 0.343 e. The Balaban J connectivity index is 2.02. The van der Waals surface area contributed by atoms with Gasteiger partial charge in [-0.3, -0.25) is 10.2 Å². The minimum atomic E-state index is -0.494. The second-order valence-corrected chi connectivity index (χ2v) is 6.15. The van der Waals surface area contributed by atoms with Gasteiger partial charge in [0.05, 0.1) is 11.5 Å². The Labute approximate surface area is 158 Å². The molecule has 27 heavy (non-hydrogen) atoms. The number of nitrogens with one attached hydrogen (secondary N) is 2. The molecule has 4 N–H and O–H groups in total. The zero-order valence-electron chi connectivity index (χ0n) is 15.7. The first-order chi connectivity index (χ1) is 12.8. The van der Waals surface area contributed by atoms with E-state index in [9.17, 15) is 9.59 Å². The van der Waals surface area contributed by atoms with Crippen LogP contribution in [0.1, 0.15) is 35.7 Å². The summed E-state index contributed by atoms with van der Waals surface area (Å²) in [6.07, 6.45) is 0. The van der Waals surface area contributed by atoms with Crippen molar-refractivity contribution in [3.63, 3.8) is 0 Å².